The Balaban J connectivity index is 2.01. The first-order valence-electron chi connectivity index (χ1n) is 8.15. The predicted molar refractivity (Wildman–Crippen MR) is 90.6 cm³/mol. The van der Waals surface area contributed by atoms with E-state index >= 15 is 0 Å². The van der Waals surface area contributed by atoms with Crippen molar-refractivity contribution in [1.29, 1.82) is 0 Å². The van der Waals surface area contributed by atoms with E-state index in [0.29, 0.717) is 34.4 Å². The van der Waals surface area contributed by atoms with E-state index in [1.807, 2.05) is 6.20 Å². The summed E-state index contributed by atoms with van der Waals surface area (Å²) in [5.74, 6) is -0.465. The maximum atomic E-state index is 13.9. The predicted octanol–water partition coefficient (Wildman–Crippen LogP) is 0.662. The Labute approximate surface area is 144 Å². The lowest BCUT2D eigenvalue weighted by molar-refractivity contribution is 0.00350. The van der Waals surface area contributed by atoms with E-state index in [9.17, 15) is 14.6 Å². The number of nitrogens with one attached hydrogen (secondary N) is 1. The van der Waals surface area contributed by atoms with Crippen LogP contribution in [0.1, 0.15) is 29.3 Å². The van der Waals surface area contributed by atoms with Crippen molar-refractivity contribution in [3.63, 3.8) is 0 Å². The van der Waals surface area contributed by atoms with Crippen LogP contribution in [0.2, 0.25) is 0 Å². The number of halogens is 1. The molecule has 2 aliphatic rings. The van der Waals surface area contributed by atoms with Crippen LogP contribution in [0.5, 0.6) is 0 Å². The topological polar surface area (TPSA) is 96.3 Å². The zero-order valence-electron chi connectivity index (χ0n) is 14.3. The van der Waals surface area contributed by atoms with Gasteiger partial charge in [-0.15, -0.1) is 0 Å². The molecule has 0 radical (unpaired) electrons. The van der Waals surface area contributed by atoms with Crippen LogP contribution in [0.25, 0.3) is 5.57 Å². The van der Waals surface area contributed by atoms with Crippen LogP contribution >= 0.6 is 0 Å². The number of aliphatic hydroxyl groups excluding tert-OH is 1. The molecule has 1 aliphatic heterocycles. The lowest BCUT2D eigenvalue weighted by Crippen LogP contribution is -2.53. The minimum absolute atomic E-state index is 0.340. The summed E-state index contributed by atoms with van der Waals surface area (Å²) in [5.41, 5.74) is 7.33. The van der Waals surface area contributed by atoms with Crippen molar-refractivity contribution in [3.8, 4) is 0 Å². The summed E-state index contributed by atoms with van der Waals surface area (Å²) in [6.07, 6.45) is 1.17. The van der Waals surface area contributed by atoms with E-state index in [4.69, 9.17) is 5.73 Å². The van der Waals surface area contributed by atoms with Gasteiger partial charge in [0.15, 0.2) is 5.72 Å². The van der Waals surface area contributed by atoms with Crippen molar-refractivity contribution in [2.24, 2.45) is 12.8 Å². The molecule has 0 saturated carbocycles. The normalized spacial score (nSPS) is 31.2. The molecule has 1 aromatic heterocycles. The molecule has 0 amide bonds. The Bertz CT molecular complexity index is 918. The summed E-state index contributed by atoms with van der Waals surface area (Å²) < 4.78 is 15.5. The van der Waals surface area contributed by atoms with Crippen LogP contribution in [0.3, 0.4) is 0 Å². The fraction of sp³-hybridized carbons (Fsp3) is 0.389. The highest BCUT2D eigenvalue weighted by molar-refractivity contribution is 5.80. The minimum atomic E-state index is -1.76. The number of nitrogens with two attached hydrogens (primary N) is 1. The molecule has 7 heteroatoms. The molecule has 4 rings (SSSR count). The van der Waals surface area contributed by atoms with Crippen molar-refractivity contribution in [1.82, 2.24) is 15.1 Å². The van der Waals surface area contributed by atoms with Crippen LogP contribution in [0, 0.1) is 12.7 Å². The van der Waals surface area contributed by atoms with Gasteiger partial charge in [0.1, 0.15) is 12.0 Å². The quantitative estimate of drug-likeness (QED) is 0.610. The van der Waals surface area contributed by atoms with E-state index in [0.717, 1.165) is 5.56 Å². The number of hydrogen-bond acceptors (Lipinski definition) is 5. The fourth-order valence-corrected chi connectivity index (χ4v) is 4.22. The van der Waals surface area contributed by atoms with Gasteiger partial charge < -0.3 is 15.9 Å². The third-order valence-corrected chi connectivity index (χ3v) is 5.13. The fourth-order valence-electron chi connectivity index (χ4n) is 4.22. The molecule has 25 heavy (non-hydrogen) atoms. The molecule has 2 heterocycles. The Morgan fingerprint density at radius 3 is 2.88 bits per heavy atom. The zero-order valence-corrected chi connectivity index (χ0v) is 14.3. The third kappa shape index (κ3) is 2.20. The highest BCUT2D eigenvalue weighted by Gasteiger charge is 2.54. The summed E-state index contributed by atoms with van der Waals surface area (Å²) in [5, 5.41) is 29.4. The molecule has 0 bridgehead atoms. The van der Waals surface area contributed by atoms with Crippen LogP contribution in [-0.4, -0.2) is 31.8 Å². The molecule has 2 aromatic rings. The van der Waals surface area contributed by atoms with Gasteiger partial charge in [0, 0.05) is 41.1 Å². The Hall–Kier alpha value is -2.06. The molecular formula is C18H21FN4O2. The van der Waals surface area contributed by atoms with E-state index in [1.54, 1.807) is 31.6 Å². The molecule has 3 unspecified atom stereocenters. The summed E-state index contributed by atoms with van der Waals surface area (Å²) in [4.78, 5) is 0. The second-order valence-electron chi connectivity index (χ2n) is 7.28. The van der Waals surface area contributed by atoms with Crippen molar-refractivity contribution in [2.75, 3.05) is 0 Å². The second kappa shape index (κ2) is 4.98. The van der Waals surface area contributed by atoms with Crippen molar-refractivity contribution >= 4 is 5.57 Å². The number of fused-ring (bicyclic) bond motifs is 2. The first-order valence-corrected chi connectivity index (χ1v) is 8.15. The van der Waals surface area contributed by atoms with Gasteiger partial charge in [0.2, 0.25) is 0 Å². The smallest absolute Gasteiger partial charge is 0.169 e. The summed E-state index contributed by atoms with van der Waals surface area (Å²) >= 11 is 0. The second-order valence-corrected chi connectivity index (χ2v) is 7.28. The number of rotatable bonds is 1. The van der Waals surface area contributed by atoms with Gasteiger partial charge in [-0.2, -0.15) is 5.10 Å². The Morgan fingerprint density at radius 2 is 2.16 bits per heavy atom. The van der Waals surface area contributed by atoms with E-state index in [2.05, 4.69) is 10.4 Å². The van der Waals surface area contributed by atoms with Crippen LogP contribution < -0.4 is 11.1 Å². The molecule has 0 fully saturated rings. The van der Waals surface area contributed by atoms with Crippen molar-refractivity contribution < 1.29 is 14.6 Å². The molecule has 132 valence electrons. The van der Waals surface area contributed by atoms with Gasteiger partial charge >= 0.3 is 0 Å². The number of aryl methyl sites for hydroxylation is 2. The summed E-state index contributed by atoms with van der Waals surface area (Å²) in [7, 11) is 1.80. The van der Waals surface area contributed by atoms with E-state index in [1.165, 1.54) is 12.1 Å². The van der Waals surface area contributed by atoms with Gasteiger partial charge in [0.25, 0.3) is 0 Å². The third-order valence-electron chi connectivity index (χ3n) is 5.13. The van der Waals surface area contributed by atoms with Gasteiger partial charge in [-0.1, -0.05) is 6.07 Å². The highest BCUT2D eigenvalue weighted by Crippen LogP contribution is 2.49. The van der Waals surface area contributed by atoms with E-state index < -0.39 is 23.3 Å². The molecule has 1 aliphatic carbocycles. The van der Waals surface area contributed by atoms with Crippen LogP contribution in [0.4, 0.5) is 4.39 Å². The first-order chi connectivity index (χ1) is 11.6. The standard InChI is InChI=1S/C18H21FN4O2/c1-9-4-5-11(19)6-12(9)18(25)15-13(16(24)21-18)14-10(7-17(15,2)20)8-23(3)22-14/h4-6,8,16,21,24-25H,7,20H2,1-3H3. The van der Waals surface area contributed by atoms with Crippen LogP contribution in [0.15, 0.2) is 30.0 Å². The molecule has 3 atom stereocenters. The first kappa shape index (κ1) is 16.4. The molecule has 0 spiro atoms. The largest absolute Gasteiger partial charge is 0.374 e. The highest BCUT2D eigenvalue weighted by atomic mass is 19.1. The molecule has 1 aromatic carbocycles. The zero-order chi connectivity index (χ0) is 18.1. The summed E-state index contributed by atoms with van der Waals surface area (Å²) in [6.45, 7) is 3.58. The average molecular weight is 344 g/mol. The minimum Gasteiger partial charge on any atom is -0.374 e. The Morgan fingerprint density at radius 1 is 1.44 bits per heavy atom. The number of benzene rings is 1. The number of aliphatic hydroxyl groups is 2. The number of nitrogens with zero attached hydrogens (tertiary/aromatic N) is 2. The molecular weight excluding hydrogens is 323 g/mol. The lowest BCUT2D eigenvalue weighted by Gasteiger charge is -2.39. The SMILES string of the molecule is Cc1ccc(F)cc1C1(O)NC(O)C2=C1C(C)(N)Cc1cn(C)nc12. The summed E-state index contributed by atoms with van der Waals surface area (Å²) in [6, 6.07) is 4.20. The van der Waals surface area contributed by atoms with Crippen molar-refractivity contribution in [2.45, 2.75) is 37.8 Å². The van der Waals surface area contributed by atoms with Crippen LogP contribution in [-0.2, 0) is 19.2 Å². The maximum Gasteiger partial charge on any atom is 0.169 e. The number of aromatic nitrogens is 2. The molecule has 6 nitrogen and oxygen atoms in total. The van der Waals surface area contributed by atoms with Gasteiger partial charge in [-0.05, 0) is 38.0 Å². The molecule has 5 N–H and O–H groups in total. The average Bonchev–Trinajstić information content (AvgIpc) is 2.99. The van der Waals surface area contributed by atoms with Gasteiger partial charge in [-0.25, -0.2) is 4.39 Å². The Kier molecular flexibility index (Phi) is 3.27. The van der Waals surface area contributed by atoms with Crippen molar-refractivity contribution in [3.05, 3.63) is 58.2 Å². The van der Waals surface area contributed by atoms with E-state index in [-0.39, 0.29) is 0 Å². The monoisotopic (exact) mass is 344 g/mol. The maximum absolute atomic E-state index is 13.9. The molecule has 0 saturated heterocycles. The van der Waals surface area contributed by atoms with Gasteiger partial charge in [0.05, 0.1) is 5.69 Å². The van der Waals surface area contributed by atoms with Gasteiger partial charge in [-0.3, -0.25) is 10.00 Å². The number of hydrogen-bond donors (Lipinski definition) is 4. The lowest BCUT2D eigenvalue weighted by atomic mass is 9.72.